The molecular formula is C16H21NO2. The summed E-state index contributed by atoms with van der Waals surface area (Å²) in [6.45, 7) is 7.66. The predicted molar refractivity (Wildman–Crippen MR) is 75.7 cm³/mol. The molecule has 1 fully saturated rings. The van der Waals surface area contributed by atoms with Crippen LogP contribution in [-0.4, -0.2) is 41.9 Å². The van der Waals surface area contributed by atoms with Crippen molar-refractivity contribution in [2.75, 3.05) is 26.4 Å². The van der Waals surface area contributed by atoms with Gasteiger partial charge in [0.05, 0.1) is 13.2 Å². The monoisotopic (exact) mass is 259 g/mol. The Labute approximate surface area is 115 Å². The fourth-order valence-electron chi connectivity index (χ4n) is 2.30. The Bertz CT molecular complexity index is 485. The van der Waals surface area contributed by atoms with Gasteiger partial charge in [0.25, 0.3) is 0 Å². The highest BCUT2D eigenvalue weighted by molar-refractivity contribution is 5.41. The summed E-state index contributed by atoms with van der Waals surface area (Å²) in [4.78, 5) is 2.43. The molecule has 0 atom stereocenters. The number of hydrogen-bond acceptors (Lipinski definition) is 3. The molecule has 19 heavy (non-hydrogen) atoms. The van der Waals surface area contributed by atoms with Gasteiger partial charge in [-0.25, -0.2) is 0 Å². The molecule has 1 saturated heterocycles. The van der Waals surface area contributed by atoms with Crippen LogP contribution in [0.25, 0.3) is 0 Å². The molecule has 1 aromatic rings. The third-order valence-electron chi connectivity index (χ3n) is 3.50. The molecule has 0 aromatic heterocycles. The van der Waals surface area contributed by atoms with E-state index < -0.39 is 0 Å². The Morgan fingerprint density at radius 3 is 2.89 bits per heavy atom. The van der Waals surface area contributed by atoms with Crippen molar-refractivity contribution in [3.05, 3.63) is 35.4 Å². The maximum atomic E-state index is 8.82. The standard InChI is InChI=1S/C16H21NO2/c1-16(2)13-19-11-9-17(16)12-15-7-4-3-6-14(15)8-5-10-18/h3-4,6-7,18H,9-13H2,1-2H3. The van der Waals surface area contributed by atoms with Crippen LogP contribution in [0.15, 0.2) is 24.3 Å². The lowest BCUT2D eigenvalue weighted by molar-refractivity contribution is -0.0553. The Kier molecular flexibility index (Phi) is 4.60. The fraction of sp³-hybridized carbons (Fsp3) is 0.500. The fourth-order valence-corrected chi connectivity index (χ4v) is 2.30. The van der Waals surface area contributed by atoms with Crippen LogP contribution in [0.4, 0.5) is 0 Å². The van der Waals surface area contributed by atoms with Gasteiger partial charge in [0, 0.05) is 24.2 Å². The molecule has 3 heteroatoms. The van der Waals surface area contributed by atoms with E-state index in [-0.39, 0.29) is 12.1 Å². The van der Waals surface area contributed by atoms with E-state index in [2.05, 4.69) is 36.7 Å². The van der Waals surface area contributed by atoms with Crippen LogP contribution in [0.1, 0.15) is 25.0 Å². The normalized spacial score (nSPS) is 18.7. The van der Waals surface area contributed by atoms with Crippen LogP contribution in [0.5, 0.6) is 0 Å². The molecule has 0 unspecified atom stereocenters. The first-order chi connectivity index (χ1) is 9.13. The molecule has 1 heterocycles. The van der Waals surface area contributed by atoms with Crippen LogP contribution in [-0.2, 0) is 11.3 Å². The van der Waals surface area contributed by atoms with Gasteiger partial charge in [-0.05, 0) is 25.5 Å². The second-order valence-corrected chi connectivity index (χ2v) is 5.40. The van der Waals surface area contributed by atoms with Gasteiger partial charge in [-0.3, -0.25) is 4.90 Å². The number of aliphatic hydroxyl groups is 1. The highest BCUT2D eigenvalue weighted by Gasteiger charge is 2.30. The average Bonchev–Trinajstić information content (AvgIpc) is 2.40. The molecule has 0 radical (unpaired) electrons. The van der Waals surface area contributed by atoms with Gasteiger partial charge in [0.1, 0.15) is 6.61 Å². The third kappa shape index (κ3) is 3.57. The van der Waals surface area contributed by atoms with E-state index in [0.29, 0.717) is 0 Å². The number of morpholine rings is 1. The van der Waals surface area contributed by atoms with Crippen molar-refractivity contribution in [1.82, 2.24) is 4.90 Å². The Morgan fingerprint density at radius 2 is 2.16 bits per heavy atom. The van der Waals surface area contributed by atoms with Crippen molar-refractivity contribution in [2.24, 2.45) is 0 Å². The van der Waals surface area contributed by atoms with Crippen LogP contribution < -0.4 is 0 Å². The van der Waals surface area contributed by atoms with E-state index in [4.69, 9.17) is 9.84 Å². The van der Waals surface area contributed by atoms with Gasteiger partial charge in [0.15, 0.2) is 0 Å². The summed E-state index contributed by atoms with van der Waals surface area (Å²) in [5.74, 6) is 5.75. The molecule has 0 bridgehead atoms. The van der Waals surface area contributed by atoms with Crippen molar-refractivity contribution in [1.29, 1.82) is 0 Å². The first-order valence-electron chi connectivity index (χ1n) is 6.64. The van der Waals surface area contributed by atoms with Crippen molar-refractivity contribution < 1.29 is 9.84 Å². The predicted octanol–water partition coefficient (Wildman–Crippen LogP) is 1.64. The molecule has 0 spiro atoms. The first-order valence-corrected chi connectivity index (χ1v) is 6.64. The largest absolute Gasteiger partial charge is 0.384 e. The molecule has 1 aromatic carbocycles. The molecular weight excluding hydrogens is 238 g/mol. The zero-order valence-electron chi connectivity index (χ0n) is 11.6. The van der Waals surface area contributed by atoms with Crippen molar-refractivity contribution in [3.8, 4) is 11.8 Å². The minimum atomic E-state index is -0.0998. The summed E-state index contributed by atoms with van der Waals surface area (Å²) in [6.07, 6.45) is 0. The molecule has 102 valence electrons. The van der Waals surface area contributed by atoms with E-state index in [9.17, 15) is 0 Å². The molecule has 0 amide bonds. The van der Waals surface area contributed by atoms with Crippen LogP contribution in [0.3, 0.4) is 0 Å². The van der Waals surface area contributed by atoms with E-state index in [1.165, 1.54) is 5.56 Å². The summed E-state index contributed by atoms with van der Waals surface area (Å²) in [5, 5.41) is 8.82. The quantitative estimate of drug-likeness (QED) is 0.820. The zero-order valence-corrected chi connectivity index (χ0v) is 11.6. The highest BCUT2D eigenvalue weighted by Crippen LogP contribution is 2.22. The molecule has 1 aliphatic rings. The van der Waals surface area contributed by atoms with Gasteiger partial charge < -0.3 is 9.84 Å². The molecule has 0 saturated carbocycles. The smallest absolute Gasteiger partial charge is 0.104 e. The lowest BCUT2D eigenvalue weighted by atomic mass is 10.00. The van der Waals surface area contributed by atoms with Gasteiger partial charge in [0.2, 0.25) is 0 Å². The molecule has 0 aliphatic carbocycles. The average molecular weight is 259 g/mol. The van der Waals surface area contributed by atoms with Crippen molar-refractivity contribution in [3.63, 3.8) is 0 Å². The number of ether oxygens (including phenoxy) is 1. The number of hydrogen-bond donors (Lipinski definition) is 1. The SMILES string of the molecule is CC1(C)COCCN1Cc1ccccc1C#CCO. The van der Waals surface area contributed by atoms with Crippen LogP contribution >= 0.6 is 0 Å². The second kappa shape index (κ2) is 6.21. The highest BCUT2D eigenvalue weighted by atomic mass is 16.5. The molecule has 2 rings (SSSR count). The topological polar surface area (TPSA) is 32.7 Å². The Morgan fingerprint density at radius 1 is 1.37 bits per heavy atom. The zero-order chi connectivity index (χ0) is 13.7. The van der Waals surface area contributed by atoms with Gasteiger partial charge >= 0.3 is 0 Å². The number of rotatable bonds is 2. The second-order valence-electron chi connectivity index (χ2n) is 5.40. The van der Waals surface area contributed by atoms with E-state index in [1.807, 2.05) is 18.2 Å². The van der Waals surface area contributed by atoms with Crippen LogP contribution in [0, 0.1) is 11.8 Å². The van der Waals surface area contributed by atoms with Gasteiger partial charge in [-0.2, -0.15) is 0 Å². The summed E-state index contributed by atoms with van der Waals surface area (Å²) in [5.41, 5.74) is 2.26. The maximum absolute atomic E-state index is 8.82. The lowest BCUT2D eigenvalue weighted by Crippen LogP contribution is -2.52. The summed E-state index contributed by atoms with van der Waals surface area (Å²) in [6, 6.07) is 8.13. The minimum absolute atomic E-state index is 0.0514. The maximum Gasteiger partial charge on any atom is 0.104 e. The Hall–Kier alpha value is -1.34. The summed E-state index contributed by atoms with van der Waals surface area (Å²) < 4.78 is 5.55. The first kappa shape index (κ1) is 14.1. The number of benzene rings is 1. The molecule has 1 aliphatic heterocycles. The summed E-state index contributed by atoms with van der Waals surface area (Å²) >= 11 is 0. The Balaban J connectivity index is 2.18. The number of nitrogens with zero attached hydrogens (tertiary/aromatic N) is 1. The van der Waals surface area contributed by atoms with E-state index >= 15 is 0 Å². The van der Waals surface area contributed by atoms with Gasteiger partial charge in [-0.1, -0.05) is 30.0 Å². The lowest BCUT2D eigenvalue weighted by Gasteiger charge is -2.42. The van der Waals surface area contributed by atoms with Crippen molar-refractivity contribution >= 4 is 0 Å². The minimum Gasteiger partial charge on any atom is -0.384 e. The van der Waals surface area contributed by atoms with E-state index in [1.54, 1.807) is 0 Å². The van der Waals surface area contributed by atoms with Crippen molar-refractivity contribution in [2.45, 2.75) is 25.9 Å². The molecule has 1 N–H and O–H groups in total. The van der Waals surface area contributed by atoms with Crippen LogP contribution in [0.2, 0.25) is 0 Å². The third-order valence-corrected chi connectivity index (χ3v) is 3.50. The van der Waals surface area contributed by atoms with Gasteiger partial charge in [-0.15, -0.1) is 0 Å². The molecule has 3 nitrogen and oxygen atoms in total. The number of aliphatic hydroxyl groups excluding tert-OH is 1. The van der Waals surface area contributed by atoms with E-state index in [0.717, 1.165) is 31.9 Å². The summed E-state index contributed by atoms with van der Waals surface area (Å²) in [7, 11) is 0.